The molecule has 1 aromatic carbocycles. The third-order valence-electron chi connectivity index (χ3n) is 3.64. The summed E-state index contributed by atoms with van der Waals surface area (Å²) in [6.07, 6.45) is 1.11. The predicted molar refractivity (Wildman–Crippen MR) is 63.5 cm³/mol. The second-order valence-electron chi connectivity index (χ2n) is 4.73. The van der Waals surface area contributed by atoms with E-state index in [1.54, 1.807) is 0 Å². The minimum absolute atomic E-state index is 0.522. The van der Waals surface area contributed by atoms with Crippen molar-refractivity contribution in [3.63, 3.8) is 0 Å². The van der Waals surface area contributed by atoms with Crippen molar-refractivity contribution >= 4 is 5.69 Å². The first kappa shape index (κ1) is 9.68. The summed E-state index contributed by atoms with van der Waals surface area (Å²) in [7, 11) is 0. The van der Waals surface area contributed by atoms with E-state index in [9.17, 15) is 0 Å². The second-order valence-corrected chi connectivity index (χ2v) is 4.73. The first-order chi connectivity index (χ1) is 7.79. The Morgan fingerprint density at radius 1 is 1.44 bits per heavy atom. The maximum atomic E-state index is 8.95. The standard InChI is InChI=1S/C13H15N3/c1-9-7-15-8-12-5-11-3-2-10(6-14)4-13(11)16(9)12/h2-4,9,12,15H,5,7-8H2,1H3/t9-,12-/m1/s1. The molecule has 0 aliphatic carbocycles. The Balaban J connectivity index is 2.05. The summed E-state index contributed by atoms with van der Waals surface area (Å²) < 4.78 is 0. The molecule has 1 saturated heterocycles. The van der Waals surface area contributed by atoms with Crippen LogP contribution in [0.1, 0.15) is 18.1 Å². The van der Waals surface area contributed by atoms with Gasteiger partial charge in [0.1, 0.15) is 0 Å². The number of anilines is 1. The monoisotopic (exact) mass is 213 g/mol. The van der Waals surface area contributed by atoms with Crippen molar-refractivity contribution in [1.82, 2.24) is 5.32 Å². The van der Waals surface area contributed by atoms with E-state index in [2.05, 4.69) is 29.3 Å². The van der Waals surface area contributed by atoms with Gasteiger partial charge in [-0.15, -0.1) is 0 Å². The lowest BCUT2D eigenvalue weighted by molar-refractivity contribution is 0.430. The van der Waals surface area contributed by atoms with Crippen molar-refractivity contribution in [2.24, 2.45) is 0 Å². The zero-order valence-electron chi connectivity index (χ0n) is 9.40. The highest BCUT2D eigenvalue weighted by Crippen LogP contribution is 2.35. The predicted octanol–water partition coefficient (Wildman–Crippen LogP) is 1.28. The van der Waals surface area contributed by atoms with Crippen LogP contribution >= 0.6 is 0 Å². The molecule has 0 unspecified atom stereocenters. The molecule has 0 amide bonds. The molecule has 0 spiro atoms. The van der Waals surface area contributed by atoms with Gasteiger partial charge in [-0.05, 0) is 31.0 Å². The normalized spacial score (nSPS) is 27.1. The number of rotatable bonds is 0. The zero-order valence-corrected chi connectivity index (χ0v) is 9.40. The number of hydrogen-bond donors (Lipinski definition) is 1. The minimum Gasteiger partial charge on any atom is -0.363 e. The van der Waals surface area contributed by atoms with Gasteiger partial charge in [-0.25, -0.2) is 0 Å². The van der Waals surface area contributed by atoms with Crippen molar-refractivity contribution in [3.05, 3.63) is 29.3 Å². The van der Waals surface area contributed by atoms with E-state index in [-0.39, 0.29) is 0 Å². The Kier molecular flexibility index (Phi) is 2.12. The van der Waals surface area contributed by atoms with Gasteiger partial charge in [0.25, 0.3) is 0 Å². The molecule has 1 fully saturated rings. The molecule has 1 N–H and O–H groups in total. The van der Waals surface area contributed by atoms with E-state index in [0.29, 0.717) is 12.1 Å². The van der Waals surface area contributed by atoms with E-state index >= 15 is 0 Å². The third kappa shape index (κ3) is 1.30. The van der Waals surface area contributed by atoms with E-state index in [4.69, 9.17) is 5.26 Å². The summed E-state index contributed by atoms with van der Waals surface area (Å²) in [5, 5.41) is 12.4. The fourth-order valence-corrected chi connectivity index (χ4v) is 2.92. The van der Waals surface area contributed by atoms with Gasteiger partial charge in [-0.3, -0.25) is 0 Å². The number of fused-ring (bicyclic) bond motifs is 3. The maximum Gasteiger partial charge on any atom is 0.0992 e. The van der Waals surface area contributed by atoms with Gasteiger partial charge >= 0.3 is 0 Å². The Labute approximate surface area is 95.7 Å². The van der Waals surface area contributed by atoms with Crippen molar-refractivity contribution in [2.75, 3.05) is 18.0 Å². The lowest BCUT2D eigenvalue weighted by Crippen LogP contribution is -2.54. The lowest BCUT2D eigenvalue weighted by atomic mass is 10.1. The highest BCUT2D eigenvalue weighted by atomic mass is 15.3. The van der Waals surface area contributed by atoms with Crippen LogP contribution in [0.3, 0.4) is 0 Å². The van der Waals surface area contributed by atoms with Crippen LogP contribution in [0.2, 0.25) is 0 Å². The van der Waals surface area contributed by atoms with Crippen molar-refractivity contribution in [3.8, 4) is 6.07 Å². The molecule has 3 heteroatoms. The number of hydrogen-bond acceptors (Lipinski definition) is 3. The molecule has 16 heavy (non-hydrogen) atoms. The summed E-state index contributed by atoms with van der Waals surface area (Å²) in [6.45, 7) is 4.33. The van der Waals surface area contributed by atoms with Gasteiger partial charge in [-0.2, -0.15) is 5.26 Å². The molecular weight excluding hydrogens is 198 g/mol. The number of piperazine rings is 1. The van der Waals surface area contributed by atoms with Crippen molar-refractivity contribution in [2.45, 2.75) is 25.4 Å². The van der Waals surface area contributed by atoms with Gasteiger partial charge in [0.15, 0.2) is 0 Å². The maximum absolute atomic E-state index is 8.95. The molecule has 82 valence electrons. The summed E-state index contributed by atoms with van der Waals surface area (Å²) in [6, 6.07) is 9.40. The topological polar surface area (TPSA) is 39.1 Å². The first-order valence-electron chi connectivity index (χ1n) is 5.81. The molecule has 1 aromatic rings. The molecule has 3 nitrogen and oxygen atoms in total. The largest absolute Gasteiger partial charge is 0.363 e. The third-order valence-corrected chi connectivity index (χ3v) is 3.64. The summed E-state index contributed by atoms with van der Waals surface area (Å²) in [5.74, 6) is 0. The Morgan fingerprint density at radius 2 is 2.31 bits per heavy atom. The molecule has 0 saturated carbocycles. The smallest absolute Gasteiger partial charge is 0.0992 e. The quantitative estimate of drug-likeness (QED) is 0.705. The van der Waals surface area contributed by atoms with Crippen LogP contribution in [0.4, 0.5) is 5.69 Å². The molecule has 0 aromatic heterocycles. The highest BCUT2D eigenvalue weighted by molar-refractivity contribution is 5.63. The van der Waals surface area contributed by atoms with Gasteiger partial charge in [0, 0.05) is 30.9 Å². The van der Waals surface area contributed by atoms with E-state index in [1.165, 1.54) is 11.3 Å². The van der Waals surface area contributed by atoms with E-state index in [0.717, 1.165) is 25.1 Å². The van der Waals surface area contributed by atoms with Crippen molar-refractivity contribution in [1.29, 1.82) is 5.26 Å². The van der Waals surface area contributed by atoms with Crippen LogP contribution in [0.5, 0.6) is 0 Å². The van der Waals surface area contributed by atoms with Gasteiger partial charge in [0.2, 0.25) is 0 Å². The van der Waals surface area contributed by atoms with Crippen LogP contribution in [0.25, 0.3) is 0 Å². The SMILES string of the molecule is C[C@@H]1CNC[C@H]2Cc3ccc(C#N)cc3N21. The van der Waals surface area contributed by atoms with Crippen molar-refractivity contribution < 1.29 is 0 Å². The molecule has 3 rings (SSSR count). The summed E-state index contributed by atoms with van der Waals surface area (Å²) in [4.78, 5) is 2.48. The zero-order chi connectivity index (χ0) is 11.1. The molecule has 2 heterocycles. The summed E-state index contributed by atoms with van der Waals surface area (Å²) in [5.41, 5.74) is 3.43. The Hall–Kier alpha value is -1.53. The fraction of sp³-hybridized carbons (Fsp3) is 0.462. The van der Waals surface area contributed by atoms with Crippen LogP contribution in [0.15, 0.2) is 18.2 Å². The molecule has 2 atom stereocenters. The molecule has 2 aliphatic rings. The molecule has 0 bridgehead atoms. The molecular formula is C13H15N3. The van der Waals surface area contributed by atoms with Gasteiger partial charge in [-0.1, -0.05) is 6.07 Å². The first-order valence-corrected chi connectivity index (χ1v) is 5.81. The van der Waals surface area contributed by atoms with Crippen LogP contribution in [0, 0.1) is 11.3 Å². The second kappa shape index (κ2) is 3.50. The van der Waals surface area contributed by atoms with E-state index in [1.807, 2.05) is 12.1 Å². The number of benzene rings is 1. The number of nitriles is 1. The Morgan fingerprint density at radius 3 is 3.12 bits per heavy atom. The number of nitrogens with zero attached hydrogens (tertiary/aromatic N) is 2. The van der Waals surface area contributed by atoms with Crippen LogP contribution in [-0.4, -0.2) is 25.2 Å². The highest BCUT2D eigenvalue weighted by Gasteiger charge is 2.34. The van der Waals surface area contributed by atoms with Crippen LogP contribution in [-0.2, 0) is 6.42 Å². The summed E-state index contributed by atoms with van der Waals surface area (Å²) >= 11 is 0. The van der Waals surface area contributed by atoms with Crippen LogP contribution < -0.4 is 10.2 Å². The average Bonchev–Trinajstić information content (AvgIpc) is 2.67. The fourth-order valence-electron chi connectivity index (χ4n) is 2.92. The minimum atomic E-state index is 0.522. The number of nitrogens with one attached hydrogen (secondary N) is 1. The molecule has 0 radical (unpaired) electrons. The average molecular weight is 213 g/mol. The molecule has 2 aliphatic heterocycles. The van der Waals surface area contributed by atoms with Gasteiger partial charge in [0.05, 0.1) is 11.6 Å². The van der Waals surface area contributed by atoms with Gasteiger partial charge < -0.3 is 10.2 Å². The lowest BCUT2D eigenvalue weighted by Gasteiger charge is -2.38. The van der Waals surface area contributed by atoms with E-state index < -0.39 is 0 Å². The Bertz CT molecular complexity index is 461.